The number of ether oxygens (including phenoxy) is 2. The average molecular weight is 349 g/mol. The molecule has 0 aliphatic carbocycles. The molecule has 0 aliphatic heterocycles. The van der Waals surface area contributed by atoms with E-state index in [1.807, 2.05) is 37.3 Å². The number of benzene rings is 2. The molecule has 0 saturated heterocycles. The van der Waals surface area contributed by atoms with Crippen LogP contribution < -0.4 is 14.2 Å². The van der Waals surface area contributed by atoms with Crippen molar-refractivity contribution in [3.05, 3.63) is 59.2 Å². The summed E-state index contributed by atoms with van der Waals surface area (Å²) in [6.45, 7) is 3.71. The number of sulfonamides is 1. The van der Waals surface area contributed by atoms with Crippen molar-refractivity contribution in [1.82, 2.24) is 4.72 Å². The summed E-state index contributed by atoms with van der Waals surface area (Å²) < 4.78 is 38.1. The summed E-state index contributed by atoms with van der Waals surface area (Å²) in [5, 5.41) is 0. The van der Waals surface area contributed by atoms with Gasteiger partial charge >= 0.3 is 0 Å². The fourth-order valence-corrected chi connectivity index (χ4v) is 3.97. The maximum atomic E-state index is 12.4. The number of hydrogen-bond donors (Lipinski definition) is 1. The normalized spacial score (nSPS) is 12.7. The fraction of sp³-hybridized carbons (Fsp3) is 0.333. The molecule has 5 nitrogen and oxygen atoms in total. The SMILES string of the molecule is COc1ccc([C@@H](C)NS(=O)(=O)Cc2ccccc2C)cc1OC. The van der Waals surface area contributed by atoms with Crippen LogP contribution in [0.5, 0.6) is 11.5 Å². The second-order valence-electron chi connectivity index (χ2n) is 5.64. The molecule has 0 saturated carbocycles. The molecule has 2 aromatic rings. The van der Waals surface area contributed by atoms with Crippen molar-refractivity contribution in [2.24, 2.45) is 0 Å². The Morgan fingerprint density at radius 2 is 1.71 bits per heavy atom. The number of aryl methyl sites for hydroxylation is 1. The lowest BCUT2D eigenvalue weighted by molar-refractivity contribution is 0.354. The Morgan fingerprint density at radius 3 is 2.33 bits per heavy atom. The smallest absolute Gasteiger partial charge is 0.216 e. The molecular weight excluding hydrogens is 326 g/mol. The zero-order valence-corrected chi connectivity index (χ0v) is 15.2. The molecule has 0 radical (unpaired) electrons. The van der Waals surface area contributed by atoms with Crippen LogP contribution in [0.25, 0.3) is 0 Å². The summed E-state index contributed by atoms with van der Waals surface area (Å²) in [7, 11) is -0.350. The molecule has 130 valence electrons. The van der Waals surface area contributed by atoms with Crippen molar-refractivity contribution < 1.29 is 17.9 Å². The van der Waals surface area contributed by atoms with E-state index in [1.165, 1.54) is 0 Å². The van der Waals surface area contributed by atoms with Crippen LogP contribution in [0.4, 0.5) is 0 Å². The molecule has 24 heavy (non-hydrogen) atoms. The lowest BCUT2D eigenvalue weighted by Crippen LogP contribution is -2.28. The van der Waals surface area contributed by atoms with E-state index in [-0.39, 0.29) is 11.8 Å². The highest BCUT2D eigenvalue weighted by molar-refractivity contribution is 7.88. The lowest BCUT2D eigenvalue weighted by Gasteiger charge is -2.17. The van der Waals surface area contributed by atoms with Gasteiger partial charge in [0, 0.05) is 6.04 Å². The van der Waals surface area contributed by atoms with Gasteiger partial charge in [-0.2, -0.15) is 0 Å². The van der Waals surface area contributed by atoms with Gasteiger partial charge in [-0.25, -0.2) is 13.1 Å². The average Bonchev–Trinajstić information content (AvgIpc) is 2.55. The lowest BCUT2D eigenvalue weighted by atomic mass is 10.1. The van der Waals surface area contributed by atoms with E-state index >= 15 is 0 Å². The molecule has 1 atom stereocenters. The summed E-state index contributed by atoms with van der Waals surface area (Å²) in [5.41, 5.74) is 2.56. The van der Waals surface area contributed by atoms with E-state index < -0.39 is 10.0 Å². The van der Waals surface area contributed by atoms with Gasteiger partial charge in [-0.05, 0) is 42.7 Å². The summed E-state index contributed by atoms with van der Waals surface area (Å²) in [6, 6.07) is 12.5. The molecule has 2 rings (SSSR count). The van der Waals surface area contributed by atoms with E-state index in [1.54, 1.807) is 33.3 Å². The van der Waals surface area contributed by atoms with E-state index in [0.29, 0.717) is 11.5 Å². The van der Waals surface area contributed by atoms with Crippen molar-refractivity contribution in [3.8, 4) is 11.5 Å². The minimum atomic E-state index is -3.46. The second kappa shape index (κ2) is 7.68. The molecular formula is C18H23NO4S. The largest absolute Gasteiger partial charge is 0.493 e. The molecule has 6 heteroatoms. The van der Waals surface area contributed by atoms with E-state index in [0.717, 1.165) is 16.7 Å². The highest BCUT2D eigenvalue weighted by Gasteiger charge is 2.18. The molecule has 0 bridgehead atoms. The molecule has 0 unspecified atom stereocenters. The molecule has 0 spiro atoms. The summed E-state index contributed by atoms with van der Waals surface area (Å²) in [5.74, 6) is 1.13. The van der Waals surface area contributed by atoms with Crippen LogP contribution in [0.2, 0.25) is 0 Å². The van der Waals surface area contributed by atoms with Gasteiger partial charge in [0.15, 0.2) is 11.5 Å². The molecule has 0 fully saturated rings. The van der Waals surface area contributed by atoms with Crippen molar-refractivity contribution in [2.75, 3.05) is 14.2 Å². The van der Waals surface area contributed by atoms with Gasteiger partial charge in [0.1, 0.15) is 0 Å². The topological polar surface area (TPSA) is 64.6 Å². The monoisotopic (exact) mass is 349 g/mol. The predicted molar refractivity (Wildman–Crippen MR) is 94.9 cm³/mol. The van der Waals surface area contributed by atoms with Gasteiger partial charge in [-0.3, -0.25) is 0 Å². The first-order chi connectivity index (χ1) is 11.4. The third-order valence-electron chi connectivity index (χ3n) is 3.87. The number of hydrogen-bond acceptors (Lipinski definition) is 4. The fourth-order valence-electron chi connectivity index (χ4n) is 2.48. The molecule has 0 aliphatic rings. The second-order valence-corrected chi connectivity index (χ2v) is 7.39. The maximum absolute atomic E-state index is 12.4. The highest BCUT2D eigenvalue weighted by atomic mass is 32.2. The van der Waals surface area contributed by atoms with Gasteiger partial charge in [0.25, 0.3) is 0 Å². The van der Waals surface area contributed by atoms with Crippen LogP contribution in [0.1, 0.15) is 29.7 Å². The Labute approximate surface area is 143 Å². The van der Waals surface area contributed by atoms with Crippen LogP contribution >= 0.6 is 0 Å². The van der Waals surface area contributed by atoms with Gasteiger partial charge in [-0.15, -0.1) is 0 Å². The molecule has 0 amide bonds. The zero-order chi connectivity index (χ0) is 17.7. The minimum Gasteiger partial charge on any atom is -0.493 e. The zero-order valence-electron chi connectivity index (χ0n) is 14.4. The Hall–Kier alpha value is -2.05. The Balaban J connectivity index is 2.16. The standard InChI is InChI=1S/C18H23NO4S/c1-13-7-5-6-8-16(13)12-24(20,21)19-14(2)15-9-10-17(22-3)18(11-15)23-4/h5-11,14,19H,12H2,1-4H3/t14-/m1/s1. The third kappa shape index (κ3) is 4.49. The first-order valence-corrected chi connectivity index (χ1v) is 9.28. The Bertz CT molecular complexity index is 802. The Morgan fingerprint density at radius 1 is 1.04 bits per heavy atom. The minimum absolute atomic E-state index is 0.0443. The van der Waals surface area contributed by atoms with Gasteiger partial charge < -0.3 is 9.47 Å². The van der Waals surface area contributed by atoms with Gasteiger partial charge in [-0.1, -0.05) is 30.3 Å². The van der Waals surface area contributed by atoms with Crippen LogP contribution in [0.3, 0.4) is 0 Å². The molecule has 1 N–H and O–H groups in total. The number of rotatable bonds is 7. The van der Waals surface area contributed by atoms with E-state index in [2.05, 4.69) is 4.72 Å². The van der Waals surface area contributed by atoms with Crippen molar-refractivity contribution in [1.29, 1.82) is 0 Å². The van der Waals surface area contributed by atoms with Crippen molar-refractivity contribution in [2.45, 2.75) is 25.6 Å². The van der Waals surface area contributed by atoms with Gasteiger partial charge in [0.2, 0.25) is 10.0 Å². The van der Waals surface area contributed by atoms with Crippen molar-refractivity contribution >= 4 is 10.0 Å². The third-order valence-corrected chi connectivity index (χ3v) is 5.27. The van der Waals surface area contributed by atoms with Crippen LogP contribution in [-0.2, 0) is 15.8 Å². The number of nitrogens with one attached hydrogen (secondary N) is 1. The summed E-state index contributed by atoms with van der Waals surface area (Å²) in [4.78, 5) is 0. The van der Waals surface area contributed by atoms with Crippen LogP contribution in [-0.4, -0.2) is 22.6 Å². The predicted octanol–water partition coefficient (Wildman–Crippen LogP) is 3.19. The molecule has 2 aromatic carbocycles. The first-order valence-electron chi connectivity index (χ1n) is 7.62. The Kier molecular flexibility index (Phi) is 5.85. The maximum Gasteiger partial charge on any atom is 0.216 e. The molecule has 0 heterocycles. The molecule has 0 aromatic heterocycles. The quantitative estimate of drug-likeness (QED) is 0.834. The van der Waals surface area contributed by atoms with E-state index in [4.69, 9.17) is 9.47 Å². The van der Waals surface area contributed by atoms with E-state index in [9.17, 15) is 8.42 Å². The highest BCUT2D eigenvalue weighted by Crippen LogP contribution is 2.30. The van der Waals surface area contributed by atoms with Crippen LogP contribution in [0, 0.1) is 6.92 Å². The summed E-state index contributed by atoms with van der Waals surface area (Å²) >= 11 is 0. The number of methoxy groups -OCH3 is 2. The van der Waals surface area contributed by atoms with Gasteiger partial charge in [0.05, 0.1) is 20.0 Å². The van der Waals surface area contributed by atoms with Crippen molar-refractivity contribution in [3.63, 3.8) is 0 Å². The summed E-state index contributed by atoms with van der Waals surface area (Å²) in [6.07, 6.45) is 0. The first kappa shape index (κ1) is 18.3. The van der Waals surface area contributed by atoms with Crippen LogP contribution in [0.15, 0.2) is 42.5 Å².